The van der Waals surface area contributed by atoms with Crippen molar-refractivity contribution in [3.05, 3.63) is 71.3 Å². The van der Waals surface area contributed by atoms with Gasteiger partial charge in [-0.3, -0.25) is 4.90 Å². The van der Waals surface area contributed by atoms with Gasteiger partial charge in [-0.2, -0.15) is 0 Å². The SMILES string of the molecule is CC.CCc1cccc(CN(Cc2ccccc2)[C@H](CN(C)C)C(C)C)c1. The van der Waals surface area contributed by atoms with Gasteiger partial charge in [-0.15, -0.1) is 0 Å². The highest BCUT2D eigenvalue weighted by Gasteiger charge is 2.23. The van der Waals surface area contributed by atoms with E-state index in [0.717, 1.165) is 26.1 Å². The van der Waals surface area contributed by atoms with Crippen LogP contribution in [0.25, 0.3) is 0 Å². The van der Waals surface area contributed by atoms with Crippen LogP contribution in [0.2, 0.25) is 0 Å². The smallest absolute Gasteiger partial charge is 0.0252 e. The zero-order chi connectivity index (χ0) is 20.2. The second kappa shape index (κ2) is 12.7. The van der Waals surface area contributed by atoms with Gasteiger partial charge in [-0.05, 0) is 43.1 Å². The molecule has 2 aromatic carbocycles. The van der Waals surface area contributed by atoms with Gasteiger partial charge in [0.15, 0.2) is 0 Å². The second-order valence-corrected chi connectivity index (χ2v) is 7.64. The van der Waals surface area contributed by atoms with Gasteiger partial charge in [0.2, 0.25) is 0 Å². The molecular formula is C25H40N2. The highest BCUT2D eigenvalue weighted by atomic mass is 15.2. The first-order valence-electron chi connectivity index (χ1n) is 10.5. The molecule has 0 unspecified atom stereocenters. The van der Waals surface area contributed by atoms with Crippen LogP contribution in [0.3, 0.4) is 0 Å². The average Bonchev–Trinajstić information content (AvgIpc) is 2.68. The van der Waals surface area contributed by atoms with Crippen LogP contribution in [0.4, 0.5) is 0 Å². The number of aryl methyl sites for hydroxylation is 1. The topological polar surface area (TPSA) is 6.48 Å². The minimum absolute atomic E-state index is 0.528. The van der Waals surface area contributed by atoms with E-state index in [4.69, 9.17) is 0 Å². The van der Waals surface area contributed by atoms with Crippen molar-refractivity contribution in [3.8, 4) is 0 Å². The van der Waals surface area contributed by atoms with Gasteiger partial charge < -0.3 is 4.90 Å². The lowest BCUT2D eigenvalue weighted by Crippen LogP contribution is -2.44. The summed E-state index contributed by atoms with van der Waals surface area (Å²) in [5.41, 5.74) is 4.23. The van der Waals surface area contributed by atoms with E-state index in [2.05, 4.69) is 99.3 Å². The lowest BCUT2D eigenvalue weighted by Gasteiger charge is -2.36. The van der Waals surface area contributed by atoms with Crippen LogP contribution in [-0.4, -0.2) is 36.5 Å². The Bertz CT molecular complexity index is 619. The molecule has 0 aliphatic rings. The van der Waals surface area contributed by atoms with E-state index in [9.17, 15) is 0 Å². The Kier molecular flexibility index (Phi) is 11.0. The number of hydrogen-bond donors (Lipinski definition) is 0. The highest BCUT2D eigenvalue weighted by molar-refractivity contribution is 5.24. The maximum atomic E-state index is 2.65. The van der Waals surface area contributed by atoms with Gasteiger partial charge in [0, 0.05) is 25.7 Å². The van der Waals surface area contributed by atoms with Crippen molar-refractivity contribution in [2.75, 3.05) is 20.6 Å². The fraction of sp³-hybridized carbons (Fsp3) is 0.520. The van der Waals surface area contributed by atoms with Crippen LogP contribution in [0.1, 0.15) is 51.3 Å². The number of likely N-dealkylation sites (N-methyl/N-ethyl adjacent to an activating group) is 1. The van der Waals surface area contributed by atoms with Crippen LogP contribution in [-0.2, 0) is 19.5 Å². The van der Waals surface area contributed by atoms with Crippen molar-refractivity contribution in [1.82, 2.24) is 9.80 Å². The zero-order valence-corrected chi connectivity index (χ0v) is 18.6. The first-order valence-corrected chi connectivity index (χ1v) is 10.5. The Labute approximate surface area is 168 Å². The van der Waals surface area contributed by atoms with Gasteiger partial charge in [-0.25, -0.2) is 0 Å². The molecule has 0 fully saturated rings. The zero-order valence-electron chi connectivity index (χ0n) is 18.6. The minimum Gasteiger partial charge on any atom is -0.308 e. The van der Waals surface area contributed by atoms with Gasteiger partial charge in [0.05, 0.1) is 0 Å². The van der Waals surface area contributed by atoms with Crippen molar-refractivity contribution < 1.29 is 0 Å². The third-order valence-electron chi connectivity index (χ3n) is 4.80. The fourth-order valence-electron chi connectivity index (χ4n) is 3.41. The van der Waals surface area contributed by atoms with Crippen molar-refractivity contribution in [1.29, 1.82) is 0 Å². The molecule has 0 amide bonds. The average molecular weight is 369 g/mol. The molecule has 0 spiro atoms. The fourth-order valence-corrected chi connectivity index (χ4v) is 3.41. The van der Waals surface area contributed by atoms with Crippen molar-refractivity contribution in [2.45, 2.75) is 60.2 Å². The summed E-state index contributed by atoms with van der Waals surface area (Å²) in [6.07, 6.45) is 1.10. The predicted octanol–water partition coefficient (Wildman–Crippen LogP) is 5.86. The number of hydrogen-bond acceptors (Lipinski definition) is 2. The van der Waals surface area contributed by atoms with Crippen LogP contribution in [0.15, 0.2) is 54.6 Å². The molecule has 150 valence electrons. The Morgan fingerprint density at radius 1 is 0.778 bits per heavy atom. The molecule has 0 aromatic heterocycles. The van der Waals surface area contributed by atoms with Crippen molar-refractivity contribution in [2.24, 2.45) is 5.92 Å². The Balaban J connectivity index is 0.00000176. The second-order valence-electron chi connectivity index (χ2n) is 7.64. The summed E-state index contributed by atoms with van der Waals surface area (Å²) >= 11 is 0. The monoisotopic (exact) mass is 368 g/mol. The van der Waals surface area contributed by atoms with Crippen molar-refractivity contribution >= 4 is 0 Å². The van der Waals surface area contributed by atoms with Crippen LogP contribution in [0, 0.1) is 5.92 Å². The first kappa shape index (κ1) is 23.4. The first-order chi connectivity index (χ1) is 13.0. The third kappa shape index (κ3) is 8.28. The van der Waals surface area contributed by atoms with Crippen molar-refractivity contribution in [3.63, 3.8) is 0 Å². The third-order valence-corrected chi connectivity index (χ3v) is 4.80. The summed E-state index contributed by atoms with van der Waals surface area (Å²) in [6.45, 7) is 14.0. The number of nitrogens with zero attached hydrogens (tertiary/aromatic N) is 2. The number of benzene rings is 2. The molecule has 0 saturated carbocycles. The Morgan fingerprint density at radius 2 is 1.33 bits per heavy atom. The summed E-state index contributed by atoms with van der Waals surface area (Å²) < 4.78 is 0. The van der Waals surface area contributed by atoms with Crippen LogP contribution >= 0.6 is 0 Å². The quantitative estimate of drug-likeness (QED) is 0.546. The molecule has 0 bridgehead atoms. The summed E-state index contributed by atoms with van der Waals surface area (Å²) in [7, 11) is 4.35. The van der Waals surface area contributed by atoms with Gasteiger partial charge in [0.1, 0.15) is 0 Å². The number of rotatable bonds is 9. The van der Waals surface area contributed by atoms with Crippen LogP contribution < -0.4 is 0 Å². The molecule has 0 heterocycles. The largest absolute Gasteiger partial charge is 0.308 e. The highest BCUT2D eigenvalue weighted by Crippen LogP contribution is 2.20. The summed E-state index contributed by atoms with van der Waals surface area (Å²) in [5.74, 6) is 0.612. The molecule has 1 atom stereocenters. The maximum absolute atomic E-state index is 2.65. The molecule has 2 nitrogen and oxygen atoms in total. The van der Waals surface area contributed by atoms with E-state index < -0.39 is 0 Å². The predicted molar refractivity (Wildman–Crippen MR) is 120 cm³/mol. The molecule has 0 aliphatic heterocycles. The molecule has 0 radical (unpaired) electrons. The molecule has 2 heteroatoms. The van der Waals surface area contributed by atoms with E-state index in [1.54, 1.807) is 0 Å². The minimum atomic E-state index is 0.528. The molecule has 2 rings (SSSR count). The Morgan fingerprint density at radius 3 is 1.89 bits per heavy atom. The molecule has 0 N–H and O–H groups in total. The lowest BCUT2D eigenvalue weighted by atomic mass is 9.99. The molecular weight excluding hydrogens is 328 g/mol. The van der Waals surface area contributed by atoms with E-state index in [0.29, 0.717) is 12.0 Å². The van der Waals surface area contributed by atoms with Gasteiger partial charge in [0.25, 0.3) is 0 Å². The summed E-state index contributed by atoms with van der Waals surface area (Å²) in [6, 6.07) is 20.4. The lowest BCUT2D eigenvalue weighted by molar-refractivity contribution is 0.110. The standard InChI is InChI=1S/C23H34N2.C2H6/c1-6-20-13-10-14-22(15-20)17-25(16-21-11-8-7-9-12-21)23(19(2)3)18-24(4)5;1-2/h7-15,19,23H,6,16-18H2,1-5H3;1-2H3/t23-;/m1./s1. The maximum Gasteiger partial charge on any atom is 0.0252 e. The van der Waals surface area contributed by atoms with Crippen LogP contribution in [0.5, 0.6) is 0 Å². The molecule has 27 heavy (non-hydrogen) atoms. The van der Waals surface area contributed by atoms with E-state index in [1.165, 1.54) is 16.7 Å². The molecule has 2 aromatic rings. The summed E-state index contributed by atoms with van der Waals surface area (Å²) in [4.78, 5) is 4.96. The van der Waals surface area contributed by atoms with Gasteiger partial charge in [-0.1, -0.05) is 89.2 Å². The molecule has 0 saturated heterocycles. The Hall–Kier alpha value is -1.64. The van der Waals surface area contributed by atoms with E-state index >= 15 is 0 Å². The van der Waals surface area contributed by atoms with E-state index in [1.807, 2.05) is 13.8 Å². The van der Waals surface area contributed by atoms with E-state index in [-0.39, 0.29) is 0 Å². The van der Waals surface area contributed by atoms with Gasteiger partial charge >= 0.3 is 0 Å². The summed E-state index contributed by atoms with van der Waals surface area (Å²) in [5, 5.41) is 0. The normalized spacial score (nSPS) is 12.2. The molecule has 0 aliphatic carbocycles.